The Kier molecular flexibility index (Phi) is 6.76. The molecule has 34 heavy (non-hydrogen) atoms. The highest BCUT2D eigenvalue weighted by Crippen LogP contribution is 2.34. The average Bonchev–Trinajstić information content (AvgIpc) is 3.22. The molecule has 0 amide bonds. The first-order chi connectivity index (χ1) is 16.4. The van der Waals surface area contributed by atoms with Crippen molar-refractivity contribution in [1.82, 2.24) is 18.8 Å². The van der Waals surface area contributed by atoms with E-state index in [1.165, 1.54) is 37.7 Å². The molecule has 1 aliphatic carbocycles. The van der Waals surface area contributed by atoms with Crippen molar-refractivity contribution in [1.29, 1.82) is 0 Å². The summed E-state index contributed by atoms with van der Waals surface area (Å²) in [7, 11) is -3.48. The number of pyridine rings is 1. The van der Waals surface area contributed by atoms with Gasteiger partial charge in [-0.15, -0.1) is 0 Å². The van der Waals surface area contributed by atoms with E-state index in [1.807, 2.05) is 42.6 Å². The molecule has 3 heterocycles. The summed E-state index contributed by atoms with van der Waals surface area (Å²) < 4.78 is 30.7. The molecule has 0 radical (unpaired) electrons. The van der Waals surface area contributed by atoms with Crippen LogP contribution in [0.2, 0.25) is 0 Å². The van der Waals surface area contributed by atoms with Gasteiger partial charge in [-0.2, -0.15) is 4.31 Å². The van der Waals surface area contributed by atoms with Crippen molar-refractivity contribution in [3.05, 3.63) is 54.0 Å². The highest BCUT2D eigenvalue weighted by molar-refractivity contribution is 7.89. The fourth-order valence-electron chi connectivity index (χ4n) is 5.71. The number of hydrogen-bond donors (Lipinski definition) is 0. The van der Waals surface area contributed by atoms with Crippen LogP contribution in [0.5, 0.6) is 0 Å². The van der Waals surface area contributed by atoms with Gasteiger partial charge in [-0.25, -0.2) is 18.4 Å². The van der Waals surface area contributed by atoms with Crippen LogP contribution in [0.3, 0.4) is 0 Å². The maximum absolute atomic E-state index is 13.4. The van der Waals surface area contributed by atoms with E-state index in [0.29, 0.717) is 29.8 Å². The van der Waals surface area contributed by atoms with E-state index in [4.69, 9.17) is 4.98 Å². The molecular weight excluding hydrogens is 444 g/mol. The zero-order valence-corrected chi connectivity index (χ0v) is 21.2. The first kappa shape index (κ1) is 23.5. The van der Waals surface area contributed by atoms with E-state index in [1.54, 1.807) is 4.31 Å². The predicted octanol–water partition coefficient (Wildman–Crippen LogP) is 5.70. The minimum Gasteiger partial charge on any atom is -0.309 e. The van der Waals surface area contributed by atoms with Crippen LogP contribution in [0.4, 0.5) is 0 Å². The summed E-state index contributed by atoms with van der Waals surface area (Å²) in [6, 6.07) is 11.9. The van der Waals surface area contributed by atoms with Crippen molar-refractivity contribution in [2.45, 2.75) is 82.1 Å². The number of sulfonamides is 1. The zero-order chi connectivity index (χ0) is 23.7. The molecule has 6 nitrogen and oxygen atoms in total. The smallest absolute Gasteiger partial charge is 0.243 e. The average molecular weight is 481 g/mol. The van der Waals surface area contributed by atoms with Crippen LogP contribution in [0, 0.1) is 5.92 Å². The Bertz CT molecular complexity index is 1220. The van der Waals surface area contributed by atoms with E-state index in [2.05, 4.69) is 23.4 Å². The molecule has 0 bridgehead atoms. The second-order valence-corrected chi connectivity index (χ2v) is 12.3. The summed E-state index contributed by atoms with van der Waals surface area (Å²) in [5, 5.41) is 0. The Morgan fingerprint density at radius 3 is 2.35 bits per heavy atom. The summed E-state index contributed by atoms with van der Waals surface area (Å²) in [5.74, 6) is 2.14. The van der Waals surface area contributed by atoms with E-state index < -0.39 is 10.0 Å². The van der Waals surface area contributed by atoms with E-state index in [-0.39, 0.29) is 6.04 Å². The van der Waals surface area contributed by atoms with Crippen LogP contribution in [0.25, 0.3) is 11.2 Å². The van der Waals surface area contributed by atoms with Crippen molar-refractivity contribution in [3.8, 4) is 0 Å². The maximum atomic E-state index is 13.4. The molecule has 1 aliphatic heterocycles. The van der Waals surface area contributed by atoms with Crippen LogP contribution in [-0.2, 0) is 16.4 Å². The molecule has 0 atom stereocenters. The van der Waals surface area contributed by atoms with Crippen molar-refractivity contribution in [2.24, 2.45) is 5.92 Å². The summed E-state index contributed by atoms with van der Waals surface area (Å²) >= 11 is 0. The normalized spacial score (nSPS) is 19.3. The molecule has 0 N–H and O–H groups in total. The Morgan fingerprint density at radius 1 is 0.971 bits per heavy atom. The van der Waals surface area contributed by atoms with Gasteiger partial charge < -0.3 is 4.57 Å². The third-order valence-corrected chi connectivity index (χ3v) is 9.41. The molecule has 2 fully saturated rings. The van der Waals surface area contributed by atoms with Gasteiger partial charge in [-0.05, 0) is 67.3 Å². The lowest BCUT2D eigenvalue weighted by atomic mass is 9.84. The monoisotopic (exact) mass is 480 g/mol. The zero-order valence-electron chi connectivity index (χ0n) is 20.4. The molecule has 1 aromatic carbocycles. The van der Waals surface area contributed by atoms with Crippen LogP contribution in [0.15, 0.2) is 47.5 Å². The summed E-state index contributed by atoms with van der Waals surface area (Å²) in [4.78, 5) is 9.89. The van der Waals surface area contributed by atoms with Crippen LogP contribution >= 0.6 is 0 Å². The lowest BCUT2D eigenvalue weighted by molar-refractivity contribution is 0.272. The molecule has 0 unspecified atom stereocenters. The second kappa shape index (κ2) is 9.78. The molecule has 1 saturated carbocycles. The van der Waals surface area contributed by atoms with Gasteiger partial charge in [0.2, 0.25) is 10.0 Å². The maximum Gasteiger partial charge on any atom is 0.243 e. The summed E-state index contributed by atoms with van der Waals surface area (Å²) in [6.45, 7) is 5.44. The van der Waals surface area contributed by atoms with Crippen LogP contribution in [-0.4, -0.2) is 40.3 Å². The van der Waals surface area contributed by atoms with Crippen molar-refractivity contribution >= 4 is 21.2 Å². The molecule has 3 aromatic rings. The van der Waals surface area contributed by atoms with Gasteiger partial charge in [-0.3, -0.25) is 0 Å². The Labute approximate surface area is 203 Å². The first-order valence-corrected chi connectivity index (χ1v) is 14.3. The number of aromatic nitrogens is 3. The fraction of sp³-hybridized carbons (Fsp3) is 0.556. The number of fused-ring (bicyclic) bond motifs is 1. The highest BCUT2D eigenvalue weighted by atomic mass is 32.2. The molecule has 0 spiro atoms. The van der Waals surface area contributed by atoms with Gasteiger partial charge in [0.05, 0.1) is 4.90 Å². The molecule has 2 aliphatic rings. The van der Waals surface area contributed by atoms with E-state index >= 15 is 0 Å². The van der Waals surface area contributed by atoms with Gasteiger partial charge >= 0.3 is 0 Å². The topological polar surface area (TPSA) is 68.1 Å². The van der Waals surface area contributed by atoms with Gasteiger partial charge in [0.1, 0.15) is 11.3 Å². The first-order valence-electron chi connectivity index (χ1n) is 12.9. The van der Waals surface area contributed by atoms with E-state index in [9.17, 15) is 8.42 Å². The minimum absolute atomic E-state index is 0.216. The standard InChI is InChI=1S/C27H36N4O2S/c1-20(2)19-26-29-25-9-6-16-28-27(25)31(26)23-14-17-30(18-15-23)34(32,33)24-12-10-22(11-13-24)21-7-4-3-5-8-21/h6,9-13,16,20-21,23H,3-5,7-8,14-15,17-19H2,1-2H3. The fourth-order valence-corrected chi connectivity index (χ4v) is 7.18. The molecular formula is C27H36N4O2S. The predicted molar refractivity (Wildman–Crippen MR) is 135 cm³/mol. The molecule has 2 aromatic heterocycles. The van der Waals surface area contributed by atoms with Crippen LogP contribution < -0.4 is 0 Å². The second-order valence-electron chi connectivity index (χ2n) is 10.4. The SMILES string of the molecule is CC(C)Cc1nc2cccnc2n1C1CCN(S(=O)(=O)c2ccc(C3CCCCC3)cc2)CC1. The Balaban J connectivity index is 1.31. The Hall–Kier alpha value is -2.25. The van der Waals surface area contributed by atoms with Gasteiger partial charge in [0, 0.05) is 31.7 Å². The lowest BCUT2D eigenvalue weighted by Crippen LogP contribution is -2.39. The number of hydrogen-bond acceptors (Lipinski definition) is 4. The number of rotatable bonds is 6. The summed E-state index contributed by atoms with van der Waals surface area (Å²) in [6.07, 6.45) is 10.6. The minimum atomic E-state index is -3.48. The number of benzene rings is 1. The molecule has 182 valence electrons. The number of piperidine rings is 1. The largest absolute Gasteiger partial charge is 0.309 e. The number of nitrogens with zero attached hydrogens (tertiary/aromatic N) is 4. The molecule has 5 rings (SSSR count). The molecule has 7 heteroatoms. The number of imidazole rings is 1. The van der Waals surface area contributed by atoms with Gasteiger partial charge in [-0.1, -0.05) is 45.2 Å². The third kappa shape index (κ3) is 4.65. The lowest BCUT2D eigenvalue weighted by Gasteiger charge is -2.33. The van der Waals surface area contributed by atoms with Crippen molar-refractivity contribution in [2.75, 3.05) is 13.1 Å². The van der Waals surface area contributed by atoms with Gasteiger partial charge in [0.25, 0.3) is 0 Å². The third-order valence-electron chi connectivity index (χ3n) is 7.50. The van der Waals surface area contributed by atoms with Crippen molar-refractivity contribution in [3.63, 3.8) is 0 Å². The Morgan fingerprint density at radius 2 is 1.68 bits per heavy atom. The summed E-state index contributed by atoms with van der Waals surface area (Å²) in [5.41, 5.74) is 3.12. The van der Waals surface area contributed by atoms with Crippen LogP contribution in [0.1, 0.15) is 82.1 Å². The quantitative estimate of drug-likeness (QED) is 0.454. The van der Waals surface area contributed by atoms with Crippen molar-refractivity contribution < 1.29 is 8.42 Å². The highest BCUT2D eigenvalue weighted by Gasteiger charge is 2.32. The van der Waals surface area contributed by atoms with E-state index in [0.717, 1.165) is 36.3 Å². The molecule has 1 saturated heterocycles. The van der Waals surface area contributed by atoms with Gasteiger partial charge in [0.15, 0.2) is 5.65 Å².